The summed E-state index contributed by atoms with van der Waals surface area (Å²) in [5.74, 6) is -5.03. The second kappa shape index (κ2) is 16.7. The quantitative estimate of drug-likeness (QED) is 0.0802. The Morgan fingerprint density at radius 1 is 0.971 bits per heavy atom. The van der Waals surface area contributed by atoms with E-state index in [0.717, 1.165) is 5.56 Å². The van der Waals surface area contributed by atoms with Gasteiger partial charge in [0.1, 0.15) is 41.3 Å². The van der Waals surface area contributed by atoms with Crippen molar-refractivity contribution in [2.75, 3.05) is 35.0 Å². The van der Waals surface area contributed by atoms with Gasteiger partial charge in [0, 0.05) is 50.5 Å². The maximum Gasteiger partial charge on any atom is 0.303 e. The van der Waals surface area contributed by atoms with Gasteiger partial charge < -0.3 is 71.5 Å². The van der Waals surface area contributed by atoms with Crippen molar-refractivity contribution in [3.05, 3.63) is 58.1 Å². The van der Waals surface area contributed by atoms with Gasteiger partial charge in [-0.25, -0.2) is 0 Å². The minimum absolute atomic E-state index is 0.0456. The van der Waals surface area contributed by atoms with E-state index in [-0.39, 0.29) is 53.5 Å². The average molecular weight is 967 g/mol. The van der Waals surface area contributed by atoms with Crippen LogP contribution in [-0.4, -0.2) is 131 Å². The molecule has 11 atom stereocenters. The molecule has 2 N–H and O–H groups in total. The molecule has 5 aliphatic heterocycles. The highest BCUT2D eigenvalue weighted by molar-refractivity contribution is 6.74. The van der Waals surface area contributed by atoms with E-state index >= 15 is 4.79 Å². The summed E-state index contributed by atoms with van der Waals surface area (Å²) in [6.07, 6.45) is -9.23. The van der Waals surface area contributed by atoms with Crippen LogP contribution in [0.25, 0.3) is 10.8 Å². The topological polar surface area (TPSA) is 215 Å². The number of esters is 1. The number of aryl methyl sites for hydroxylation is 1. The molecule has 68 heavy (non-hydrogen) atoms. The predicted octanol–water partition coefficient (Wildman–Crippen LogP) is 6.15. The number of carbonyl (C=O) groups is 3. The van der Waals surface area contributed by atoms with Crippen LogP contribution in [0.4, 0.5) is 0 Å². The second-order valence-electron chi connectivity index (χ2n) is 20.1. The number of phenols is 1. The van der Waals surface area contributed by atoms with Crippen molar-refractivity contribution in [1.82, 2.24) is 0 Å². The largest absolute Gasteiger partial charge is 0.506 e. The molecule has 1 spiro atoms. The van der Waals surface area contributed by atoms with E-state index in [0.29, 0.717) is 27.8 Å². The summed E-state index contributed by atoms with van der Waals surface area (Å²) in [6.45, 7) is 16.2. The van der Waals surface area contributed by atoms with E-state index in [1.807, 2.05) is 37.3 Å². The molecule has 18 nitrogen and oxygen atoms in total. The van der Waals surface area contributed by atoms with E-state index in [4.69, 9.17) is 61.3 Å². The number of epoxide rings is 1. The number of ketones is 2. The molecular weight excluding hydrogens is 905 g/mol. The number of phenolic OH excluding ortho intramolecular Hbond substituents is 1. The molecular formula is C49H62O18Si. The Bertz CT molecular complexity index is 2530. The number of benzene rings is 3. The number of methoxy groups -OCH3 is 4. The zero-order chi connectivity index (χ0) is 49.3. The van der Waals surface area contributed by atoms with Crippen molar-refractivity contribution >= 4 is 36.6 Å². The first-order valence-electron chi connectivity index (χ1n) is 22.8. The van der Waals surface area contributed by atoms with Gasteiger partial charge in [0.15, 0.2) is 37.9 Å². The molecule has 5 heterocycles. The highest BCUT2D eigenvalue weighted by Gasteiger charge is 2.94. The summed E-state index contributed by atoms with van der Waals surface area (Å²) in [6, 6.07) is 9.30. The highest BCUT2D eigenvalue weighted by atomic mass is 28.4. The van der Waals surface area contributed by atoms with Crippen LogP contribution in [-0.2, 0) is 63.3 Å². The van der Waals surface area contributed by atoms with Crippen LogP contribution in [0.5, 0.6) is 23.0 Å². The number of aromatic hydroxyl groups is 1. The predicted molar refractivity (Wildman–Crippen MR) is 241 cm³/mol. The normalized spacial score (nSPS) is 33.6. The van der Waals surface area contributed by atoms with Crippen LogP contribution in [0.1, 0.15) is 99.2 Å². The minimum Gasteiger partial charge on any atom is -0.506 e. The number of ether oxygens (including phenoxy) is 12. The average Bonchev–Trinajstić information content (AvgIpc) is 3.95. The maximum absolute atomic E-state index is 15.2. The van der Waals surface area contributed by atoms with Crippen molar-refractivity contribution in [2.45, 2.75) is 158 Å². The molecule has 4 saturated heterocycles. The van der Waals surface area contributed by atoms with Gasteiger partial charge in [0.2, 0.25) is 11.9 Å². The van der Waals surface area contributed by atoms with Crippen LogP contribution in [0, 0.1) is 6.92 Å². The lowest BCUT2D eigenvalue weighted by Gasteiger charge is -2.52. The van der Waals surface area contributed by atoms with Crippen molar-refractivity contribution in [1.29, 1.82) is 0 Å². The number of rotatable bonds is 14. The number of Topliss-reactive ketones (excluding diaryl/α,β-unsaturated/α-hetero) is 2. The first-order valence-corrected chi connectivity index (χ1v) is 25.7. The van der Waals surface area contributed by atoms with Crippen molar-refractivity contribution in [3.63, 3.8) is 0 Å². The molecule has 3 aromatic rings. The van der Waals surface area contributed by atoms with E-state index in [1.165, 1.54) is 42.1 Å². The number of fused-ring (bicyclic) bond motifs is 8. The maximum atomic E-state index is 15.2. The van der Waals surface area contributed by atoms with E-state index < -0.39 is 104 Å². The Kier molecular flexibility index (Phi) is 12.0. The Morgan fingerprint density at radius 2 is 1.65 bits per heavy atom. The van der Waals surface area contributed by atoms with Crippen molar-refractivity contribution in [2.24, 2.45) is 0 Å². The zero-order valence-electron chi connectivity index (χ0n) is 40.8. The summed E-state index contributed by atoms with van der Waals surface area (Å²) in [5, 5.41) is 24.9. The monoisotopic (exact) mass is 966 g/mol. The third-order valence-electron chi connectivity index (χ3n) is 15.2. The molecule has 6 aliphatic rings. The molecule has 0 unspecified atom stereocenters. The van der Waals surface area contributed by atoms with Crippen LogP contribution < -0.4 is 14.2 Å². The summed E-state index contributed by atoms with van der Waals surface area (Å²) in [4.78, 5) is 40.5. The molecule has 0 radical (unpaired) electrons. The van der Waals surface area contributed by atoms with Crippen LogP contribution >= 0.6 is 0 Å². The fourth-order valence-electron chi connectivity index (χ4n) is 10.7. The molecule has 4 fully saturated rings. The van der Waals surface area contributed by atoms with Gasteiger partial charge in [0.05, 0.1) is 50.6 Å². The minimum atomic E-state index is -2.61. The Hall–Kier alpha value is -4.25. The van der Waals surface area contributed by atoms with E-state index in [2.05, 4.69) is 33.9 Å². The first-order chi connectivity index (χ1) is 32.0. The van der Waals surface area contributed by atoms with Gasteiger partial charge in [-0.15, -0.1) is 0 Å². The molecule has 9 rings (SSSR count). The van der Waals surface area contributed by atoms with Crippen LogP contribution in [0.2, 0.25) is 18.1 Å². The number of carbonyl (C=O) groups excluding carboxylic acids is 3. The van der Waals surface area contributed by atoms with Gasteiger partial charge in [0.25, 0.3) is 11.6 Å². The molecule has 0 saturated carbocycles. The molecule has 19 heteroatoms. The molecule has 2 bridgehead atoms. The molecule has 1 aliphatic carbocycles. The molecule has 0 aromatic heterocycles. The molecule has 0 amide bonds. The third kappa shape index (κ3) is 6.90. The van der Waals surface area contributed by atoms with Gasteiger partial charge in [-0.05, 0) is 68.2 Å². The summed E-state index contributed by atoms with van der Waals surface area (Å²) in [7, 11) is 3.33. The summed E-state index contributed by atoms with van der Waals surface area (Å²) >= 11 is 0. The van der Waals surface area contributed by atoms with Crippen molar-refractivity contribution in [3.8, 4) is 23.0 Å². The fraction of sp³-hybridized carbons (Fsp3) is 0.612. The van der Waals surface area contributed by atoms with Crippen LogP contribution in [0.3, 0.4) is 0 Å². The number of hydrogen-bond donors (Lipinski definition) is 2. The lowest BCUT2D eigenvalue weighted by Crippen LogP contribution is -2.72. The van der Waals surface area contributed by atoms with E-state index in [1.54, 1.807) is 7.11 Å². The van der Waals surface area contributed by atoms with Gasteiger partial charge in [-0.2, -0.15) is 0 Å². The summed E-state index contributed by atoms with van der Waals surface area (Å²) in [5.41, 5.74) is -1.56. The second-order valence-corrected chi connectivity index (χ2v) is 24.9. The zero-order valence-corrected chi connectivity index (χ0v) is 41.8. The van der Waals surface area contributed by atoms with Crippen LogP contribution in [0.15, 0.2) is 30.3 Å². The lowest BCUT2D eigenvalue weighted by molar-refractivity contribution is -0.385. The van der Waals surface area contributed by atoms with Crippen molar-refractivity contribution < 1.29 is 85.9 Å². The highest BCUT2D eigenvalue weighted by Crippen LogP contribution is 2.72. The molecule has 3 aromatic carbocycles. The summed E-state index contributed by atoms with van der Waals surface area (Å²) < 4.78 is 83.1. The van der Waals surface area contributed by atoms with Gasteiger partial charge >= 0.3 is 5.97 Å². The van der Waals surface area contributed by atoms with Gasteiger partial charge in [-0.3, -0.25) is 14.4 Å². The standard InChI is InChI=1S/C49H62O18Si/c1-23-18-29-35(39(53)37-36(40(29)56-9)30(59-21-27-14-16-28(55-8)17-15-27)19-31(38(37)52)67-68(12,13)45(5,6)7)41-34(23)42-43-48(64-41,46(22-60-46)49(65-42,66-43)44(57-10)58-11)63-33-20-32(62-26(4)51)47(54,24(2)50)25(3)61-33/h14-18,25,30-33,42-44,53-54H,19-22H2,1-13H3/t25-,30-,31-,32+,33-,42-,43-,46-,47+,48+,49-/m0/s1. The Labute approximate surface area is 395 Å². The lowest BCUT2D eigenvalue weighted by atomic mass is 9.77. The fourth-order valence-corrected chi connectivity index (χ4v) is 12.0. The Morgan fingerprint density at radius 3 is 2.22 bits per heavy atom. The SMILES string of the molecule is COc1ccc(CO[C@H]2C[C@H](O[Si](C)(C)C(C)(C)C)C(=O)c3c2c(OC)c2cc(C)c4c(c2c3O)O[C@]2(O[C@H]3C[C@@H](OC(C)=O)[C@@](O)(C(C)=O)[C@H](C)O3)[C@H]3O[C@](C(OC)OC)(O[C@@H]43)[C@]23CO3)cc1. The van der Waals surface area contributed by atoms with E-state index in [9.17, 15) is 19.8 Å². The Balaban J connectivity index is 1.23. The number of hydrogen-bond acceptors (Lipinski definition) is 18. The number of aliphatic hydroxyl groups is 1. The smallest absolute Gasteiger partial charge is 0.303 e. The molecule has 370 valence electrons. The third-order valence-corrected chi connectivity index (χ3v) is 19.7. The first kappa shape index (κ1) is 48.8. The van der Waals surface area contributed by atoms with Gasteiger partial charge in [-0.1, -0.05) is 32.9 Å².